The summed E-state index contributed by atoms with van der Waals surface area (Å²) >= 11 is 16.1. The second kappa shape index (κ2) is 5.91. The lowest BCUT2D eigenvalue weighted by atomic mass is 10.3. The highest BCUT2D eigenvalue weighted by atomic mass is 79.9. The first kappa shape index (κ1) is 12.2. The Morgan fingerprint density at radius 2 is 2.29 bits per heavy atom. The van der Waals surface area contributed by atoms with E-state index in [1.807, 2.05) is 18.2 Å². The number of nitrogen functional groups attached to an aromatic ring is 1. The van der Waals surface area contributed by atoms with Crippen LogP contribution in [0.2, 0.25) is 0 Å². The average molecular weight is 313 g/mol. The lowest BCUT2D eigenvalue weighted by molar-refractivity contribution is 1.43. The Labute approximate surface area is 106 Å². The molecule has 0 aromatic heterocycles. The molecule has 0 aliphatic heterocycles. The van der Waals surface area contributed by atoms with E-state index in [4.69, 9.17) is 28.9 Å². The van der Waals surface area contributed by atoms with Gasteiger partial charge in [0, 0.05) is 31.4 Å². The quantitative estimate of drug-likeness (QED) is 0.659. The Morgan fingerprint density at radius 3 is 2.93 bits per heavy atom. The minimum absolute atomic E-state index is 0.607. The number of nitrogens with two attached hydrogens (primary N) is 1. The Kier molecular flexibility index (Phi) is 5.17. The highest BCUT2D eigenvalue weighted by Gasteiger charge is 2.01. The molecule has 0 atom stereocenters. The maximum atomic E-state index is 5.78. The van der Waals surface area contributed by atoms with Crippen LogP contribution < -0.4 is 5.73 Å². The lowest BCUT2D eigenvalue weighted by Crippen LogP contribution is -1.89. The fourth-order valence-corrected chi connectivity index (χ4v) is 2.48. The fourth-order valence-electron chi connectivity index (χ4n) is 0.811. The minimum atomic E-state index is 0.607. The molecule has 0 spiro atoms. The van der Waals surface area contributed by atoms with Crippen molar-refractivity contribution in [2.75, 3.05) is 11.5 Å². The van der Waals surface area contributed by atoms with Crippen molar-refractivity contribution < 1.29 is 0 Å². The summed E-state index contributed by atoms with van der Waals surface area (Å²) in [4.78, 5) is 0.996. The number of hydrogen-bond acceptors (Lipinski definition) is 2. The molecular weight excluding hydrogens is 305 g/mol. The molecule has 0 amide bonds. The van der Waals surface area contributed by atoms with Crippen LogP contribution in [0.15, 0.2) is 38.1 Å². The van der Waals surface area contributed by atoms with Crippen molar-refractivity contribution >= 4 is 56.6 Å². The van der Waals surface area contributed by atoms with Crippen LogP contribution in [0.3, 0.4) is 0 Å². The Bertz CT molecular complexity index is 355. The molecule has 0 fully saturated rings. The molecule has 0 aliphatic rings. The standard InChI is InChI=1S/C9H8BrCl2NS/c10-6-1-2-8(13)9(3-6)14-5-7(12)4-11/h1-4H,5,13H2. The fraction of sp³-hybridized carbons (Fsp3) is 0.111. The third-order valence-corrected chi connectivity index (χ3v) is 3.85. The van der Waals surface area contributed by atoms with Gasteiger partial charge in [-0.1, -0.05) is 39.1 Å². The van der Waals surface area contributed by atoms with Crippen molar-refractivity contribution in [3.63, 3.8) is 0 Å². The molecule has 5 heteroatoms. The molecule has 0 saturated carbocycles. The van der Waals surface area contributed by atoms with E-state index in [1.165, 1.54) is 5.54 Å². The van der Waals surface area contributed by atoms with Crippen LogP contribution in [0.25, 0.3) is 0 Å². The number of halogens is 3. The summed E-state index contributed by atoms with van der Waals surface area (Å²) in [6.45, 7) is 0. The second-order valence-corrected chi connectivity index (χ2v) is 5.16. The molecule has 0 radical (unpaired) electrons. The second-order valence-electron chi connectivity index (χ2n) is 2.53. The molecule has 2 N–H and O–H groups in total. The van der Waals surface area contributed by atoms with E-state index in [-0.39, 0.29) is 0 Å². The van der Waals surface area contributed by atoms with Crippen LogP contribution >= 0.6 is 50.9 Å². The van der Waals surface area contributed by atoms with Crippen molar-refractivity contribution in [2.24, 2.45) is 0 Å². The molecule has 0 bridgehead atoms. The molecule has 0 saturated heterocycles. The van der Waals surface area contributed by atoms with Crippen LogP contribution in [-0.4, -0.2) is 5.75 Å². The Morgan fingerprint density at radius 1 is 1.57 bits per heavy atom. The van der Waals surface area contributed by atoms with Crippen LogP contribution in [0.4, 0.5) is 5.69 Å². The van der Waals surface area contributed by atoms with E-state index in [0.29, 0.717) is 10.8 Å². The van der Waals surface area contributed by atoms with Gasteiger partial charge in [0.25, 0.3) is 0 Å². The van der Waals surface area contributed by atoms with E-state index < -0.39 is 0 Å². The zero-order valence-corrected chi connectivity index (χ0v) is 11.1. The van der Waals surface area contributed by atoms with Gasteiger partial charge in [0.1, 0.15) is 0 Å². The van der Waals surface area contributed by atoms with Gasteiger partial charge in [-0.05, 0) is 18.2 Å². The summed E-state index contributed by atoms with van der Waals surface area (Å²) < 4.78 is 1.00. The van der Waals surface area contributed by atoms with Crippen molar-refractivity contribution in [1.82, 2.24) is 0 Å². The van der Waals surface area contributed by atoms with E-state index in [0.717, 1.165) is 15.1 Å². The largest absolute Gasteiger partial charge is 0.398 e. The van der Waals surface area contributed by atoms with Gasteiger partial charge in [-0.25, -0.2) is 0 Å². The van der Waals surface area contributed by atoms with Crippen LogP contribution in [-0.2, 0) is 0 Å². The van der Waals surface area contributed by atoms with Gasteiger partial charge in [-0.3, -0.25) is 0 Å². The van der Waals surface area contributed by atoms with Crippen molar-refractivity contribution in [2.45, 2.75) is 4.90 Å². The van der Waals surface area contributed by atoms with Crippen LogP contribution in [0.5, 0.6) is 0 Å². The number of thioether (sulfide) groups is 1. The highest BCUT2D eigenvalue weighted by molar-refractivity contribution is 9.10. The van der Waals surface area contributed by atoms with Crippen LogP contribution in [0, 0.1) is 0 Å². The van der Waals surface area contributed by atoms with Crippen molar-refractivity contribution in [3.05, 3.63) is 33.2 Å². The average Bonchev–Trinajstić information content (AvgIpc) is 2.19. The van der Waals surface area contributed by atoms with E-state index in [2.05, 4.69) is 15.9 Å². The van der Waals surface area contributed by atoms with Gasteiger partial charge in [-0.15, -0.1) is 11.8 Å². The molecule has 76 valence electrons. The van der Waals surface area contributed by atoms with Gasteiger partial charge in [-0.2, -0.15) is 0 Å². The normalized spacial score (nSPS) is 11.8. The summed E-state index contributed by atoms with van der Waals surface area (Å²) in [5, 5.41) is 0.607. The first-order valence-corrected chi connectivity index (χ1v) is 6.35. The molecule has 1 aromatic rings. The van der Waals surface area contributed by atoms with Gasteiger partial charge in [0.2, 0.25) is 0 Å². The first-order valence-electron chi connectivity index (χ1n) is 3.76. The molecule has 14 heavy (non-hydrogen) atoms. The smallest absolute Gasteiger partial charge is 0.0453 e. The number of rotatable bonds is 3. The molecule has 0 unspecified atom stereocenters. The van der Waals surface area contributed by atoms with Crippen LogP contribution in [0.1, 0.15) is 0 Å². The molecule has 1 aromatic carbocycles. The summed E-state index contributed by atoms with van der Waals surface area (Å²) in [7, 11) is 0. The monoisotopic (exact) mass is 311 g/mol. The first-order chi connectivity index (χ1) is 6.63. The predicted molar refractivity (Wildman–Crippen MR) is 69.1 cm³/mol. The van der Waals surface area contributed by atoms with Gasteiger partial charge in [0.15, 0.2) is 0 Å². The Balaban J connectivity index is 2.71. The summed E-state index contributed by atoms with van der Waals surface area (Å²) in [6, 6.07) is 5.71. The molecule has 1 rings (SSSR count). The highest BCUT2D eigenvalue weighted by Crippen LogP contribution is 2.30. The molecule has 0 aliphatic carbocycles. The van der Waals surface area contributed by atoms with E-state index in [9.17, 15) is 0 Å². The summed E-state index contributed by atoms with van der Waals surface area (Å²) in [5.74, 6) is 0.631. The predicted octanol–water partition coefficient (Wildman–Crippen LogP) is 4.44. The van der Waals surface area contributed by atoms with Gasteiger partial charge >= 0.3 is 0 Å². The van der Waals surface area contributed by atoms with Crippen molar-refractivity contribution in [1.29, 1.82) is 0 Å². The zero-order valence-electron chi connectivity index (χ0n) is 7.14. The summed E-state index contributed by atoms with van der Waals surface area (Å²) in [5.41, 5.74) is 7.89. The number of benzene rings is 1. The van der Waals surface area contributed by atoms with Gasteiger partial charge in [0.05, 0.1) is 0 Å². The Hall–Kier alpha value is 0.170. The summed E-state index contributed by atoms with van der Waals surface area (Å²) in [6.07, 6.45) is 0. The third-order valence-electron chi connectivity index (χ3n) is 1.46. The maximum Gasteiger partial charge on any atom is 0.0453 e. The number of hydrogen-bond donors (Lipinski definition) is 1. The van der Waals surface area contributed by atoms with Gasteiger partial charge < -0.3 is 5.73 Å². The lowest BCUT2D eigenvalue weighted by Gasteiger charge is -2.04. The molecular formula is C9H8BrCl2NS. The zero-order chi connectivity index (χ0) is 10.6. The third kappa shape index (κ3) is 3.73. The molecule has 1 nitrogen and oxygen atoms in total. The van der Waals surface area contributed by atoms with E-state index >= 15 is 0 Å². The number of anilines is 1. The van der Waals surface area contributed by atoms with E-state index in [1.54, 1.807) is 11.8 Å². The SMILES string of the molecule is Nc1ccc(Br)cc1SCC(Cl)=CCl. The minimum Gasteiger partial charge on any atom is -0.398 e. The molecule has 0 heterocycles. The van der Waals surface area contributed by atoms with Crippen molar-refractivity contribution in [3.8, 4) is 0 Å². The topological polar surface area (TPSA) is 26.0 Å². The maximum absolute atomic E-state index is 5.78.